The molecule has 0 radical (unpaired) electrons. The Morgan fingerprint density at radius 2 is 1.84 bits per heavy atom. The molecule has 0 spiro atoms. The Morgan fingerprint density at radius 3 is 2.42 bits per heavy atom. The number of hydrogen-bond acceptors (Lipinski definition) is 6. The first-order valence-corrected chi connectivity index (χ1v) is 10.5. The molecule has 1 saturated heterocycles. The smallest absolute Gasteiger partial charge is 0.289 e. The van der Waals surface area contributed by atoms with Crippen molar-refractivity contribution in [2.24, 2.45) is 0 Å². The minimum Gasteiger partial charge on any atom is -0.494 e. The summed E-state index contributed by atoms with van der Waals surface area (Å²) in [5.74, 6) is 1.61. The molecule has 8 heteroatoms. The van der Waals surface area contributed by atoms with Gasteiger partial charge in [-0.15, -0.1) is 0 Å². The van der Waals surface area contributed by atoms with Crippen molar-refractivity contribution in [2.45, 2.75) is 20.3 Å². The second-order valence-corrected chi connectivity index (χ2v) is 7.36. The fourth-order valence-corrected chi connectivity index (χ4v) is 3.54. The van der Waals surface area contributed by atoms with Crippen molar-refractivity contribution < 1.29 is 18.7 Å². The van der Waals surface area contributed by atoms with Crippen LogP contribution in [0.3, 0.4) is 0 Å². The fraction of sp³-hybridized carbons (Fsp3) is 0.435. The molecule has 0 aliphatic carbocycles. The van der Waals surface area contributed by atoms with Crippen LogP contribution in [0.5, 0.6) is 5.75 Å². The Hall–Kier alpha value is -3.31. The number of hydrogen-bond donors (Lipinski definition) is 0. The first-order chi connectivity index (χ1) is 15.0. The lowest BCUT2D eigenvalue weighted by molar-refractivity contribution is -0.120. The van der Waals surface area contributed by atoms with E-state index in [0.717, 1.165) is 11.4 Å². The quantitative estimate of drug-likeness (QED) is 0.647. The number of nitriles is 1. The number of carbonyl (C=O) groups excluding carboxylic acids is 2. The lowest BCUT2D eigenvalue weighted by Crippen LogP contribution is -2.51. The first kappa shape index (κ1) is 22.4. The lowest BCUT2D eigenvalue weighted by Gasteiger charge is -2.35. The van der Waals surface area contributed by atoms with Gasteiger partial charge in [-0.05, 0) is 50.2 Å². The molecule has 1 fully saturated rings. The largest absolute Gasteiger partial charge is 0.494 e. The summed E-state index contributed by atoms with van der Waals surface area (Å²) in [4.78, 5) is 31.0. The molecule has 2 heterocycles. The van der Waals surface area contributed by atoms with Crippen LogP contribution in [0.25, 0.3) is 0 Å². The minimum absolute atomic E-state index is 0.0687. The van der Waals surface area contributed by atoms with Gasteiger partial charge in [0, 0.05) is 38.4 Å². The van der Waals surface area contributed by atoms with Crippen LogP contribution in [0.1, 0.15) is 29.7 Å². The van der Waals surface area contributed by atoms with Crippen LogP contribution in [-0.2, 0) is 4.79 Å². The number of amides is 2. The van der Waals surface area contributed by atoms with E-state index in [-0.39, 0.29) is 24.8 Å². The van der Waals surface area contributed by atoms with Crippen LogP contribution in [-0.4, -0.2) is 67.5 Å². The fourth-order valence-electron chi connectivity index (χ4n) is 3.54. The summed E-state index contributed by atoms with van der Waals surface area (Å²) >= 11 is 0. The summed E-state index contributed by atoms with van der Waals surface area (Å²) in [6, 6.07) is 12.9. The number of nitrogens with zero attached hydrogens (tertiary/aromatic N) is 4. The van der Waals surface area contributed by atoms with E-state index in [4.69, 9.17) is 14.4 Å². The average Bonchev–Trinajstić information content (AvgIpc) is 3.21. The molecule has 0 saturated carbocycles. The summed E-state index contributed by atoms with van der Waals surface area (Å²) in [5.41, 5.74) is 0.741. The Labute approximate surface area is 182 Å². The molecule has 1 aromatic heterocycles. The third-order valence-electron chi connectivity index (χ3n) is 5.18. The molecule has 1 aliphatic rings. The van der Waals surface area contributed by atoms with Crippen LogP contribution in [0.2, 0.25) is 0 Å². The maximum Gasteiger partial charge on any atom is 0.289 e. The van der Waals surface area contributed by atoms with E-state index in [0.29, 0.717) is 50.9 Å². The van der Waals surface area contributed by atoms with Gasteiger partial charge >= 0.3 is 0 Å². The van der Waals surface area contributed by atoms with Gasteiger partial charge in [-0.3, -0.25) is 14.5 Å². The van der Waals surface area contributed by atoms with Gasteiger partial charge in [-0.2, -0.15) is 5.26 Å². The highest BCUT2D eigenvalue weighted by Crippen LogP contribution is 2.20. The van der Waals surface area contributed by atoms with Crippen molar-refractivity contribution in [1.29, 1.82) is 5.26 Å². The number of aryl methyl sites for hydroxylation is 1. The molecule has 2 amide bonds. The van der Waals surface area contributed by atoms with Crippen LogP contribution in [0.4, 0.5) is 5.69 Å². The summed E-state index contributed by atoms with van der Waals surface area (Å²) in [5, 5.41) is 8.99. The van der Waals surface area contributed by atoms with Crippen molar-refractivity contribution >= 4 is 17.5 Å². The maximum atomic E-state index is 13.0. The summed E-state index contributed by atoms with van der Waals surface area (Å²) in [6.07, 6.45) is 0.254. The predicted molar refractivity (Wildman–Crippen MR) is 116 cm³/mol. The number of benzene rings is 1. The molecule has 0 atom stereocenters. The zero-order valence-electron chi connectivity index (χ0n) is 18.0. The third kappa shape index (κ3) is 5.86. The second kappa shape index (κ2) is 10.6. The van der Waals surface area contributed by atoms with Crippen LogP contribution < -0.4 is 9.64 Å². The Kier molecular flexibility index (Phi) is 7.68. The number of furan rings is 1. The van der Waals surface area contributed by atoms with Crippen molar-refractivity contribution in [2.75, 3.05) is 50.8 Å². The van der Waals surface area contributed by atoms with Crippen LogP contribution in [0.15, 0.2) is 40.8 Å². The Morgan fingerprint density at radius 1 is 1.13 bits per heavy atom. The second-order valence-electron chi connectivity index (χ2n) is 7.36. The molecular weight excluding hydrogens is 396 g/mol. The van der Waals surface area contributed by atoms with E-state index >= 15 is 0 Å². The highest BCUT2D eigenvalue weighted by Gasteiger charge is 2.26. The van der Waals surface area contributed by atoms with E-state index in [2.05, 4.69) is 6.07 Å². The molecule has 1 aliphatic heterocycles. The number of ether oxygens (including phenoxy) is 1. The molecule has 1 aromatic carbocycles. The number of carbonyl (C=O) groups is 2. The standard InChI is InChI=1S/C23H28N4O4/c1-3-30-20-8-6-19(7-9-20)27(12-4-11-24)22(28)17-25-13-15-26(16-14-25)23(29)21-10-5-18(2)31-21/h5-10H,3-4,12-17H2,1-2H3. The highest BCUT2D eigenvalue weighted by molar-refractivity contribution is 5.95. The molecular formula is C23H28N4O4. The summed E-state index contributed by atoms with van der Waals surface area (Å²) in [7, 11) is 0. The van der Waals surface area contributed by atoms with Gasteiger partial charge in [0.1, 0.15) is 11.5 Å². The predicted octanol–water partition coefficient (Wildman–Crippen LogP) is 2.69. The normalized spacial score (nSPS) is 14.2. The maximum absolute atomic E-state index is 13.0. The van der Waals surface area contributed by atoms with Crippen molar-refractivity contribution in [3.8, 4) is 11.8 Å². The minimum atomic E-state index is -0.121. The van der Waals surface area contributed by atoms with Gasteiger partial charge in [0.2, 0.25) is 5.91 Å². The van der Waals surface area contributed by atoms with Gasteiger partial charge < -0.3 is 19.0 Å². The van der Waals surface area contributed by atoms with E-state index < -0.39 is 0 Å². The van der Waals surface area contributed by atoms with E-state index in [1.807, 2.05) is 43.0 Å². The van der Waals surface area contributed by atoms with E-state index in [1.165, 1.54) is 0 Å². The zero-order valence-corrected chi connectivity index (χ0v) is 18.0. The van der Waals surface area contributed by atoms with Gasteiger partial charge in [-0.1, -0.05) is 0 Å². The Balaban J connectivity index is 1.58. The molecule has 31 heavy (non-hydrogen) atoms. The van der Waals surface area contributed by atoms with E-state index in [9.17, 15) is 9.59 Å². The molecule has 8 nitrogen and oxygen atoms in total. The van der Waals surface area contributed by atoms with Crippen molar-refractivity contribution in [3.63, 3.8) is 0 Å². The summed E-state index contributed by atoms with van der Waals surface area (Å²) in [6.45, 7) is 7.15. The van der Waals surface area contributed by atoms with Gasteiger partial charge in [0.15, 0.2) is 5.76 Å². The first-order valence-electron chi connectivity index (χ1n) is 10.5. The number of piperazine rings is 1. The third-order valence-corrected chi connectivity index (χ3v) is 5.18. The van der Waals surface area contributed by atoms with Gasteiger partial charge in [-0.25, -0.2) is 0 Å². The SMILES string of the molecule is CCOc1ccc(N(CCC#N)C(=O)CN2CCN(C(=O)c3ccc(C)o3)CC2)cc1. The summed E-state index contributed by atoms with van der Waals surface area (Å²) < 4.78 is 10.9. The van der Waals surface area contributed by atoms with Gasteiger partial charge in [0.25, 0.3) is 5.91 Å². The topological polar surface area (TPSA) is 90.0 Å². The van der Waals surface area contributed by atoms with Crippen molar-refractivity contribution in [3.05, 3.63) is 47.9 Å². The number of rotatable bonds is 8. The lowest BCUT2D eigenvalue weighted by atomic mass is 10.2. The highest BCUT2D eigenvalue weighted by atomic mass is 16.5. The van der Waals surface area contributed by atoms with Crippen LogP contribution in [0, 0.1) is 18.3 Å². The number of anilines is 1. The molecule has 0 unspecified atom stereocenters. The van der Waals surface area contributed by atoms with Crippen molar-refractivity contribution in [1.82, 2.24) is 9.80 Å². The van der Waals surface area contributed by atoms with E-state index in [1.54, 1.807) is 21.9 Å². The monoisotopic (exact) mass is 424 g/mol. The van der Waals surface area contributed by atoms with Gasteiger partial charge in [0.05, 0.1) is 25.6 Å². The molecule has 0 bridgehead atoms. The molecule has 164 valence electrons. The molecule has 0 N–H and O–H groups in total. The molecule has 3 rings (SSSR count). The molecule has 2 aromatic rings. The zero-order chi connectivity index (χ0) is 22.2. The Bertz CT molecular complexity index is 924. The average molecular weight is 425 g/mol. The van der Waals surface area contributed by atoms with Crippen LogP contribution >= 0.6 is 0 Å².